The lowest BCUT2D eigenvalue weighted by Gasteiger charge is -2.37. The molecular formula is C21H26N2OS. The molecule has 1 aliphatic heterocycles. The number of hydrogen-bond donors (Lipinski definition) is 0. The molecule has 0 atom stereocenters. The molecule has 3 rings (SSSR count). The lowest BCUT2D eigenvalue weighted by atomic mass is 10.2. The fraction of sp³-hybridized carbons (Fsp3) is 0.333. The van der Waals surface area contributed by atoms with Gasteiger partial charge in [0, 0.05) is 37.6 Å². The molecule has 0 saturated carbocycles. The van der Waals surface area contributed by atoms with Crippen LogP contribution in [-0.4, -0.2) is 37.7 Å². The summed E-state index contributed by atoms with van der Waals surface area (Å²) in [7, 11) is 0. The number of piperazine rings is 1. The minimum Gasteiger partial charge on any atom is -0.488 e. The summed E-state index contributed by atoms with van der Waals surface area (Å²) in [6.07, 6.45) is 0. The van der Waals surface area contributed by atoms with Crippen molar-refractivity contribution in [3.63, 3.8) is 0 Å². The molecule has 1 fully saturated rings. The summed E-state index contributed by atoms with van der Waals surface area (Å²) < 4.78 is 5.51. The van der Waals surface area contributed by atoms with Gasteiger partial charge < -0.3 is 9.64 Å². The van der Waals surface area contributed by atoms with Gasteiger partial charge in [0.15, 0.2) is 5.09 Å². The zero-order chi connectivity index (χ0) is 17.5. The molecule has 0 amide bonds. The van der Waals surface area contributed by atoms with Gasteiger partial charge in [-0.15, -0.1) is 0 Å². The van der Waals surface area contributed by atoms with Gasteiger partial charge in [0.05, 0.1) is 12.3 Å². The number of hydrogen-bond acceptors (Lipinski definition) is 4. The fourth-order valence-electron chi connectivity index (χ4n) is 3.11. The lowest BCUT2D eigenvalue weighted by Crippen LogP contribution is -2.46. The van der Waals surface area contributed by atoms with Gasteiger partial charge >= 0.3 is 0 Å². The first kappa shape index (κ1) is 17.9. The number of anilines is 1. The molecule has 1 heterocycles. The summed E-state index contributed by atoms with van der Waals surface area (Å²) in [4.78, 5) is 6.22. The maximum atomic E-state index is 5.51. The largest absolute Gasteiger partial charge is 0.488 e. The SMILES string of the molecule is C=C(OCC)Sc1ccccc1N1CCN(Cc2ccccc2)CC1. The Bertz CT molecular complexity index is 681. The van der Waals surface area contributed by atoms with E-state index in [-0.39, 0.29) is 0 Å². The third kappa shape index (κ3) is 5.03. The minimum absolute atomic E-state index is 0.659. The Morgan fingerprint density at radius 1 is 1.00 bits per heavy atom. The van der Waals surface area contributed by atoms with Gasteiger partial charge in [-0.05, 0) is 31.2 Å². The van der Waals surface area contributed by atoms with Gasteiger partial charge in [-0.3, -0.25) is 4.90 Å². The van der Waals surface area contributed by atoms with Crippen LogP contribution in [0.1, 0.15) is 12.5 Å². The molecule has 0 N–H and O–H groups in total. The van der Waals surface area contributed by atoms with Crippen LogP contribution in [0.15, 0.2) is 71.2 Å². The summed E-state index contributed by atoms with van der Waals surface area (Å²) in [5, 5.41) is 0.762. The second-order valence-electron chi connectivity index (χ2n) is 6.12. The summed E-state index contributed by atoms with van der Waals surface area (Å²) in [6, 6.07) is 19.3. The van der Waals surface area contributed by atoms with E-state index < -0.39 is 0 Å². The second-order valence-corrected chi connectivity index (χ2v) is 7.22. The van der Waals surface area contributed by atoms with Crippen molar-refractivity contribution in [1.29, 1.82) is 0 Å². The number of benzene rings is 2. The van der Waals surface area contributed by atoms with E-state index in [0.29, 0.717) is 6.61 Å². The Labute approximate surface area is 155 Å². The van der Waals surface area contributed by atoms with Gasteiger partial charge in [0.1, 0.15) is 0 Å². The smallest absolute Gasteiger partial charge is 0.150 e. The van der Waals surface area contributed by atoms with Crippen molar-refractivity contribution in [3.05, 3.63) is 71.8 Å². The molecule has 0 bridgehead atoms. The Morgan fingerprint density at radius 3 is 2.40 bits per heavy atom. The van der Waals surface area contributed by atoms with Crippen molar-refractivity contribution in [2.45, 2.75) is 18.4 Å². The van der Waals surface area contributed by atoms with E-state index in [9.17, 15) is 0 Å². The van der Waals surface area contributed by atoms with Crippen molar-refractivity contribution < 1.29 is 4.74 Å². The molecule has 0 aliphatic carbocycles. The van der Waals surface area contributed by atoms with Crippen LogP contribution >= 0.6 is 11.8 Å². The molecule has 2 aromatic carbocycles. The molecule has 132 valence electrons. The van der Waals surface area contributed by atoms with Crippen LogP contribution in [0.5, 0.6) is 0 Å². The highest BCUT2D eigenvalue weighted by Crippen LogP contribution is 2.35. The van der Waals surface area contributed by atoms with Crippen LogP contribution in [0.4, 0.5) is 5.69 Å². The van der Waals surface area contributed by atoms with Gasteiger partial charge in [-0.2, -0.15) is 0 Å². The van der Waals surface area contributed by atoms with Crippen molar-refractivity contribution >= 4 is 17.4 Å². The number of ether oxygens (including phenoxy) is 1. The Hall–Kier alpha value is -1.91. The van der Waals surface area contributed by atoms with Crippen LogP contribution in [-0.2, 0) is 11.3 Å². The van der Waals surface area contributed by atoms with E-state index in [1.807, 2.05) is 6.92 Å². The predicted octanol–water partition coefficient (Wildman–Crippen LogP) is 4.61. The molecule has 0 unspecified atom stereocenters. The highest BCUT2D eigenvalue weighted by molar-refractivity contribution is 8.03. The zero-order valence-electron chi connectivity index (χ0n) is 14.9. The predicted molar refractivity (Wildman–Crippen MR) is 107 cm³/mol. The standard InChI is InChI=1S/C21H26N2OS/c1-3-24-18(2)25-21-12-8-7-11-20(21)23-15-13-22(14-16-23)17-19-9-5-4-6-10-19/h4-12H,2-3,13-17H2,1H3. The van der Waals surface area contributed by atoms with E-state index >= 15 is 0 Å². The third-order valence-corrected chi connectivity index (χ3v) is 5.27. The number of nitrogens with zero attached hydrogens (tertiary/aromatic N) is 2. The van der Waals surface area contributed by atoms with Gasteiger partial charge in [0.25, 0.3) is 0 Å². The highest BCUT2D eigenvalue weighted by Gasteiger charge is 2.19. The Kier molecular flexibility index (Phi) is 6.42. The van der Waals surface area contributed by atoms with E-state index in [1.165, 1.54) is 16.1 Å². The normalized spacial score (nSPS) is 15.2. The molecule has 1 aliphatic rings. The topological polar surface area (TPSA) is 15.7 Å². The number of para-hydroxylation sites is 1. The number of rotatable bonds is 7. The molecule has 2 aromatic rings. The van der Waals surface area contributed by atoms with Gasteiger partial charge in [0.2, 0.25) is 0 Å². The maximum Gasteiger partial charge on any atom is 0.150 e. The quantitative estimate of drug-likeness (QED) is 0.533. The molecular weight excluding hydrogens is 328 g/mol. The minimum atomic E-state index is 0.659. The first-order valence-electron chi connectivity index (χ1n) is 8.86. The Balaban J connectivity index is 1.60. The second kappa shape index (κ2) is 8.97. The fourth-order valence-corrected chi connectivity index (χ4v) is 3.98. The van der Waals surface area contributed by atoms with Crippen LogP contribution in [0.2, 0.25) is 0 Å². The molecule has 0 aromatic heterocycles. The van der Waals surface area contributed by atoms with E-state index in [4.69, 9.17) is 4.74 Å². The van der Waals surface area contributed by atoms with Crippen molar-refractivity contribution in [2.24, 2.45) is 0 Å². The molecule has 1 saturated heterocycles. The lowest BCUT2D eigenvalue weighted by molar-refractivity contribution is 0.249. The summed E-state index contributed by atoms with van der Waals surface area (Å²) in [5.74, 6) is 0. The van der Waals surface area contributed by atoms with Gasteiger partial charge in [-0.1, -0.05) is 54.2 Å². The van der Waals surface area contributed by atoms with E-state index in [2.05, 4.69) is 71.0 Å². The Morgan fingerprint density at radius 2 is 1.68 bits per heavy atom. The van der Waals surface area contributed by atoms with Crippen LogP contribution in [0.3, 0.4) is 0 Å². The number of thioether (sulfide) groups is 1. The first-order chi connectivity index (χ1) is 12.3. The van der Waals surface area contributed by atoms with E-state index in [1.54, 1.807) is 11.8 Å². The van der Waals surface area contributed by atoms with E-state index in [0.717, 1.165) is 37.8 Å². The summed E-state index contributed by atoms with van der Waals surface area (Å²) in [6.45, 7) is 11.9. The van der Waals surface area contributed by atoms with Crippen LogP contribution < -0.4 is 4.90 Å². The molecule has 25 heavy (non-hydrogen) atoms. The van der Waals surface area contributed by atoms with Crippen molar-refractivity contribution in [3.8, 4) is 0 Å². The van der Waals surface area contributed by atoms with Crippen LogP contribution in [0, 0.1) is 0 Å². The molecule has 4 heteroatoms. The zero-order valence-corrected chi connectivity index (χ0v) is 15.7. The average molecular weight is 355 g/mol. The molecule has 0 radical (unpaired) electrons. The summed E-state index contributed by atoms with van der Waals surface area (Å²) >= 11 is 1.62. The van der Waals surface area contributed by atoms with Crippen LogP contribution in [0.25, 0.3) is 0 Å². The maximum absolute atomic E-state index is 5.51. The highest BCUT2D eigenvalue weighted by atomic mass is 32.2. The molecule has 0 spiro atoms. The average Bonchev–Trinajstić information content (AvgIpc) is 2.64. The first-order valence-corrected chi connectivity index (χ1v) is 9.67. The molecule has 3 nitrogen and oxygen atoms in total. The van der Waals surface area contributed by atoms with Crippen molar-refractivity contribution in [1.82, 2.24) is 4.90 Å². The third-order valence-electron chi connectivity index (χ3n) is 4.36. The van der Waals surface area contributed by atoms with Gasteiger partial charge in [-0.25, -0.2) is 0 Å². The van der Waals surface area contributed by atoms with Crippen molar-refractivity contribution in [2.75, 3.05) is 37.7 Å². The monoisotopic (exact) mass is 354 g/mol. The summed E-state index contributed by atoms with van der Waals surface area (Å²) in [5.41, 5.74) is 2.67.